The molecule has 3 heteroatoms. The maximum Gasteiger partial charge on any atom is 0.166 e. The van der Waals surface area contributed by atoms with Gasteiger partial charge in [0.05, 0.1) is 5.92 Å². The molecule has 0 spiro atoms. The lowest BCUT2D eigenvalue weighted by atomic mass is 9.81. The molecule has 1 rings (SSSR count). The Hall–Kier alpha value is -2.29. The van der Waals surface area contributed by atoms with Gasteiger partial charge in [0.2, 0.25) is 0 Å². The molecule has 0 N–H and O–H groups in total. The molecule has 148 valence electrons. The Bertz CT molecular complexity index is 626. The van der Waals surface area contributed by atoms with Crippen LogP contribution in [0.15, 0.2) is 49.1 Å². The van der Waals surface area contributed by atoms with Crippen LogP contribution < -0.4 is 0 Å². The predicted molar refractivity (Wildman–Crippen MR) is 113 cm³/mol. The summed E-state index contributed by atoms with van der Waals surface area (Å²) < 4.78 is 0. The number of benzene rings is 1. The minimum Gasteiger partial charge on any atom is -0.300 e. The number of carbonyl (C=O) groups is 3. The summed E-state index contributed by atoms with van der Waals surface area (Å²) in [5.74, 6) is -1.54. The minimum absolute atomic E-state index is 0.0656. The van der Waals surface area contributed by atoms with E-state index in [0.29, 0.717) is 6.42 Å². The highest BCUT2D eigenvalue weighted by molar-refractivity contribution is 6.07. The molecule has 2 unspecified atom stereocenters. The maximum atomic E-state index is 12.2. The van der Waals surface area contributed by atoms with Gasteiger partial charge in [0.1, 0.15) is 11.6 Å². The molecule has 1 aromatic rings. The number of Topliss-reactive ketones (excluding diaryl/α,β-unsaturated/α-hetero) is 2. The van der Waals surface area contributed by atoms with Gasteiger partial charge in [-0.15, -0.1) is 0 Å². The van der Waals surface area contributed by atoms with Gasteiger partial charge in [-0.3, -0.25) is 14.4 Å². The van der Waals surface area contributed by atoms with Crippen molar-refractivity contribution in [2.45, 2.75) is 53.9 Å². The Labute approximate surface area is 164 Å². The van der Waals surface area contributed by atoms with E-state index in [2.05, 4.69) is 20.4 Å². The fraction of sp³-hybridized carbons (Fsp3) is 0.458. The van der Waals surface area contributed by atoms with Crippen LogP contribution >= 0.6 is 0 Å². The summed E-state index contributed by atoms with van der Waals surface area (Å²) in [6, 6.07) is 9.61. The second-order valence-corrected chi connectivity index (χ2v) is 7.18. The van der Waals surface area contributed by atoms with Crippen molar-refractivity contribution in [1.82, 2.24) is 0 Å². The van der Waals surface area contributed by atoms with E-state index in [1.165, 1.54) is 19.4 Å². The van der Waals surface area contributed by atoms with Crippen molar-refractivity contribution in [3.8, 4) is 0 Å². The zero-order valence-corrected chi connectivity index (χ0v) is 17.4. The molecule has 0 amide bonds. The largest absolute Gasteiger partial charge is 0.300 e. The predicted octanol–water partition coefficient (Wildman–Crippen LogP) is 5.70. The van der Waals surface area contributed by atoms with E-state index in [0.717, 1.165) is 5.56 Å². The quantitative estimate of drug-likeness (QED) is 0.392. The standard InChI is InChI=1S/C21H26O3.C3H8/c1-5-20(24)21(16(4)22)18(14-19(23)13-15(2)3)12-11-17-9-7-6-8-10-17;1-3-2/h5-12,15,18,21H,1,13-14H2,2-4H3;3H2,1-2H3/b12-11+;. The molecule has 0 heterocycles. The molecule has 0 aliphatic carbocycles. The van der Waals surface area contributed by atoms with Gasteiger partial charge in [-0.1, -0.05) is 83.2 Å². The Kier molecular flexibility index (Phi) is 12.7. The maximum absolute atomic E-state index is 12.2. The molecule has 0 aliphatic rings. The summed E-state index contributed by atoms with van der Waals surface area (Å²) in [5, 5.41) is 0. The van der Waals surface area contributed by atoms with Gasteiger partial charge in [-0.25, -0.2) is 0 Å². The van der Waals surface area contributed by atoms with Crippen molar-refractivity contribution in [2.75, 3.05) is 0 Å². The number of rotatable bonds is 10. The molecule has 0 radical (unpaired) electrons. The SMILES string of the molecule is C=CC(=O)C(C(C)=O)C(/C=C/c1ccccc1)CC(=O)CC(C)C.CCC. The molecule has 0 saturated carbocycles. The van der Waals surface area contributed by atoms with Crippen LogP contribution in [0.25, 0.3) is 6.08 Å². The van der Waals surface area contributed by atoms with Crippen LogP contribution in [0.1, 0.15) is 59.4 Å². The van der Waals surface area contributed by atoms with Crippen LogP contribution in [0.4, 0.5) is 0 Å². The Morgan fingerprint density at radius 1 is 1.04 bits per heavy atom. The van der Waals surface area contributed by atoms with Crippen molar-refractivity contribution in [1.29, 1.82) is 0 Å². The third-order valence-electron chi connectivity index (χ3n) is 3.81. The third kappa shape index (κ3) is 10.4. The molecule has 27 heavy (non-hydrogen) atoms. The van der Waals surface area contributed by atoms with Crippen LogP contribution in [0, 0.1) is 17.8 Å². The minimum atomic E-state index is -0.849. The number of ketones is 3. The molecule has 0 saturated heterocycles. The van der Waals surface area contributed by atoms with E-state index in [-0.39, 0.29) is 29.7 Å². The monoisotopic (exact) mass is 370 g/mol. The zero-order chi connectivity index (χ0) is 20.8. The third-order valence-corrected chi connectivity index (χ3v) is 3.81. The van der Waals surface area contributed by atoms with Crippen molar-refractivity contribution >= 4 is 23.4 Å². The Balaban J connectivity index is 0.00000210. The lowest BCUT2D eigenvalue weighted by Crippen LogP contribution is -2.29. The molecular formula is C24H34O3. The summed E-state index contributed by atoms with van der Waals surface area (Å²) in [4.78, 5) is 36.3. The number of carbonyl (C=O) groups excluding carboxylic acids is 3. The van der Waals surface area contributed by atoms with E-state index in [1.54, 1.807) is 6.08 Å². The molecule has 0 fully saturated rings. The van der Waals surface area contributed by atoms with E-state index in [1.807, 2.05) is 50.3 Å². The van der Waals surface area contributed by atoms with Gasteiger partial charge >= 0.3 is 0 Å². The summed E-state index contributed by atoms with van der Waals surface area (Å²) in [6.45, 7) is 13.1. The van der Waals surface area contributed by atoms with E-state index in [4.69, 9.17) is 0 Å². The lowest BCUT2D eigenvalue weighted by Gasteiger charge is -2.20. The van der Waals surface area contributed by atoms with Crippen LogP contribution in [-0.2, 0) is 14.4 Å². The first-order valence-corrected chi connectivity index (χ1v) is 9.68. The fourth-order valence-electron chi connectivity index (χ4n) is 2.74. The van der Waals surface area contributed by atoms with Gasteiger partial charge in [0.15, 0.2) is 5.78 Å². The topological polar surface area (TPSA) is 51.2 Å². The average molecular weight is 371 g/mol. The summed E-state index contributed by atoms with van der Waals surface area (Å²) >= 11 is 0. The van der Waals surface area contributed by atoms with Gasteiger partial charge in [0, 0.05) is 18.8 Å². The zero-order valence-electron chi connectivity index (χ0n) is 17.4. The molecule has 3 nitrogen and oxygen atoms in total. The summed E-state index contributed by atoms with van der Waals surface area (Å²) in [7, 11) is 0. The van der Waals surface area contributed by atoms with Gasteiger partial charge in [-0.2, -0.15) is 0 Å². The normalized spacial score (nSPS) is 12.8. The highest BCUT2D eigenvalue weighted by atomic mass is 16.2. The van der Waals surface area contributed by atoms with Crippen molar-refractivity contribution in [2.24, 2.45) is 17.8 Å². The van der Waals surface area contributed by atoms with Gasteiger partial charge < -0.3 is 0 Å². The van der Waals surface area contributed by atoms with Crippen molar-refractivity contribution in [3.63, 3.8) is 0 Å². The second kappa shape index (κ2) is 13.9. The highest BCUT2D eigenvalue weighted by Gasteiger charge is 2.30. The number of hydrogen-bond donors (Lipinski definition) is 0. The lowest BCUT2D eigenvalue weighted by molar-refractivity contribution is -0.131. The Morgan fingerprint density at radius 2 is 1.59 bits per heavy atom. The Morgan fingerprint density at radius 3 is 2.04 bits per heavy atom. The van der Waals surface area contributed by atoms with Crippen LogP contribution in [0.2, 0.25) is 0 Å². The number of allylic oxidation sites excluding steroid dienone is 2. The molecule has 1 aromatic carbocycles. The summed E-state index contributed by atoms with van der Waals surface area (Å²) in [6.07, 6.45) is 6.72. The van der Waals surface area contributed by atoms with Gasteiger partial charge in [-0.05, 0) is 24.5 Å². The van der Waals surface area contributed by atoms with E-state index in [9.17, 15) is 14.4 Å². The van der Waals surface area contributed by atoms with Crippen LogP contribution in [0.3, 0.4) is 0 Å². The van der Waals surface area contributed by atoms with Crippen LogP contribution in [-0.4, -0.2) is 17.3 Å². The van der Waals surface area contributed by atoms with Crippen LogP contribution in [0.5, 0.6) is 0 Å². The first kappa shape index (κ1) is 24.7. The van der Waals surface area contributed by atoms with Crippen molar-refractivity contribution < 1.29 is 14.4 Å². The van der Waals surface area contributed by atoms with E-state index >= 15 is 0 Å². The molecule has 2 atom stereocenters. The highest BCUT2D eigenvalue weighted by Crippen LogP contribution is 2.24. The molecule has 0 aromatic heterocycles. The van der Waals surface area contributed by atoms with E-state index < -0.39 is 11.8 Å². The molecule has 0 aliphatic heterocycles. The molecular weight excluding hydrogens is 336 g/mol. The smallest absolute Gasteiger partial charge is 0.166 e. The van der Waals surface area contributed by atoms with Crippen molar-refractivity contribution in [3.05, 3.63) is 54.6 Å². The average Bonchev–Trinajstić information content (AvgIpc) is 2.60. The van der Waals surface area contributed by atoms with Gasteiger partial charge in [0.25, 0.3) is 0 Å². The first-order valence-electron chi connectivity index (χ1n) is 9.68. The molecule has 0 bridgehead atoms. The summed E-state index contributed by atoms with van der Waals surface area (Å²) in [5.41, 5.74) is 0.965. The fourth-order valence-corrected chi connectivity index (χ4v) is 2.74. The number of hydrogen-bond acceptors (Lipinski definition) is 3. The second-order valence-electron chi connectivity index (χ2n) is 7.18. The first-order chi connectivity index (χ1) is 12.8.